The van der Waals surface area contributed by atoms with Crippen LogP contribution in [0.2, 0.25) is 0 Å². The Kier molecular flexibility index (Phi) is 5.11. The Hall–Kier alpha value is -1.19. The van der Waals surface area contributed by atoms with Crippen LogP contribution in [0, 0.1) is 13.8 Å². The van der Waals surface area contributed by atoms with Gasteiger partial charge in [0.2, 0.25) is 0 Å². The fourth-order valence-electron chi connectivity index (χ4n) is 2.23. The molecule has 0 aliphatic heterocycles. The Morgan fingerprint density at radius 1 is 1.21 bits per heavy atom. The van der Waals surface area contributed by atoms with Gasteiger partial charge in [-0.2, -0.15) is 0 Å². The van der Waals surface area contributed by atoms with Crippen molar-refractivity contribution < 1.29 is 0 Å². The summed E-state index contributed by atoms with van der Waals surface area (Å²) < 4.78 is 0. The van der Waals surface area contributed by atoms with E-state index in [9.17, 15) is 0 Å². The van der Waals surface area contributed by atoms with Crippen LogP contribution < -0.4 is 5.32 Å². The molecule has 0 fully saturated rings. The van der Waals surface area contributed by atoms with E-state index in [0.29, 0.717) is 6.04 Å². The van der Waals surface area contributed by atoms with Crippen molar-refractivity contribution in [2.75, 3.05) is 6.54 Å². The van der Waals surface area contributed by atoms with Gasteiger partial charge in [0.25, 0.3) is 0 Å². The van der Waals surface area contributed by atoms with Crippen molar-refractivity contribution in [3.63, 3.8) is 0 Å². The van der Waals surface area contributed by atoms with Crippen LogP contribution in [0.4, 0.5) is 0 Å². The molecule has 1 N–H and O–H groups in total. The van der Waals surface area contributed by atoms with Crippen LogP contribution in [0.3, 0.4) is 0 Å². The highest BCUT2D eigenvalue weighted by molar-refractivity contribution is 7.11. The van der Waals surface area contributed by atoms with Gasteiger partial charge in [0, 0.05) is 17.3 Å². The molecule has 1 aromatic heterocycles. The van der Waals surface area contributed by atoms with Crippen molar-refractivity contribution in [3.05, 3.63) is 51.5 Å². The fraction of sp³-hybridized carbons (Fsp3) is 0.438. The number of aryl methyl sites for hydroxylation is 3. The first-order valence-corrected chi connectivity index (χ1v) is 7.73. The van der Waals surface area contributed by atoms with Gasteiger partial charge in [0.05, 0.1) is 10.7 Å². The van der Waals surface area contributed by atoms with E-state index in [0.717, 1.165) is 19.4 Å². The average Bonchev–Trinajstić information content (AvgIpc) is 2.75. The molecule has 2 rings (SSSR count). The lowest BCUT2D eigenvalue weighted by Crippen LogP contribution is -2.21. The molecule has 19 heavy (non-hydrogen) atoms. The number of thiazole rings is 1. The van der Waals surface area contributed by atoms with E-state index in [1.807, 2.05) is 11.3 Å². The van der Waals surface area contributed by atoms with Crippen LogP contribution in [0.25, 0.3) is 0 Å². The molecule has 0 spiro atoms. The highest BCUT2D eigenvalue weighted by Crippen LogP contribution is 2.22. The van der Waals surface area contributed by atoms with E-state index in [-0.39, 0.29) is 0 Å². The second-order valence-electron chi connectivity index (χ2n) is 4.81. The van der Waals surface area contributed by atoms with Crippen LogP contribution in [-0.2, 0) is 6.42 Å². The third-order valence-corrected chi connectivity index (χ3v) is 4.50. The SMILES string of the molecule is CCNC(CCc1nc(C)c(C)s1)c1ccccc1. The van der Waals surface area contributed by atoms with Gasteiger partial charge in [-0.05, 0) is 32.4 Å². The van der Waals surface area contributed by atoms with Gasteiger partial charge in [-0.1, -0.05) is 37.3 Å². The summed E-state index contributed by atoms with van der Waals surface area (Å²) in [6.07, 6.45) is 2.15. The summed E-state index contributed by atoms with van der Waals surface area (Å²) in [5, 5.41) is 4.83. The summed E-state index contributed by atoms with van der Waals surface area (Å²) in [7, 11) is 0. The van der Waals surface area contributed by atoms with Gasteiger partial charge < -0.3 is 5.32 Å². The number of benzene rings is 1. The van der Waals surface area contributed by atoms with Crippen LogP contribution in [0.5, 0.6) is 0 Å². The molecule has 3 heteroatoms. The maximum atomic E-state index is 4.63. The van der Waals surface area contributed by atoms with Crippen LogP contribution >= 0.6 is 11.3 Å². The predicted octanol–water partition coefficient (Wildman–Crippen LogP) is 4.04. The summed E-state index contributed by atoms with van der Waals surface area (Å²) in [6, 6.07) is 11.1. The van der Waals surface area contributed by atoms with Crippen LogP contribution in [-0.4, -0.2) is 11.5 Å². The van der Waals surface area contributed by atoms with Crippen molar-refractivity contribution in [2.45, 2.75) is 39.7 Å². The van der Waals surface area contributed by atoms with Gasteiger partial charge in [-0.3, -0.25) is 0 Å². The standard InChI is InChI=1S/C16H22N2S/c1-4-17-15(14-8-6-5-7-9-14)10-11-16-18-12(2)13(3)19-16/h5-9,15,17H,4,10-11H2,1-3H3. The second kappa shape index (κ2) is 6.83. The molecule has 2 nitrogen and oxygen atoms in total. The Balaban J connectivity index is 2.01. The average molecular weight is 274 g/mol. The molecular formula is C16H22N2S. The van der Waals surface area contributed by atoms with Crippen LogP contribution in [0.15, 0.2) is 30.3 Å². The van der Waals surface area contributed by atoms with E-state index in [1.165, 1.54) is 21.1 Å². The molecule has 0 bridgehead atoms. The van der Waals surface area contributed by atoms with Crippen molar-refractivity contribution in [3.8, 4) is 0 Å². The third-order valence-electron chi connectivity index (χ3n) is 3.37. The van der Waals surface area contributed by atoms with Crippen molar-refractivity contribution in [1.82, 2.24) is 10.3 Å². The maximum Gasteiger partial charge on any atom is 0.0931 e. The minimum atomic E-state index is 0.427. The quantitative estimate of drug-likeness (QED) is 0.860. The minimum absolute atomic E-state index is 0.427. The summed E-state index contributed by atoms with van der Waals surface area (Å²) in [4.78, 5) is 5.97. The van der Waals surface area contributed by atoms with E-state index in [1.54, 1.807) is 0 Å². The molecular weight excluding hydrogens is 252 g/mol. The zero-order valence-corrected chi connectivity index (χ0v) is 12.8. The maximum absolute atomic E-state index is 4.63. The van der Waals surface area contributed by atoms with Crippen molar-refractivity contribution in [1.29, 1.82) is 0 Å². The molecule has 1 aromatic carbocycles. The van der Waals surface area contributed by atoms with Crippen molar-refractivity contribution >= 4 is 11.3 Å². The number of rotatable bonds is 6. The normalized spacial score (nSPS) is 12.6. The molecule has 0 saturated heterocycles. The minimum Gasteiger partial charge on any atom is -0.310 e. The summed E-state index contributed by atoms with van der Waals surface area (Å²) in [6.45, 7) is 7.40. The predicted molar refractivity (Wildman–Crippen MR) is 82.8 cm³/mol. The van der Waals surface area contributed by atoms with E-state index in [2.05, 4.69) is 61.4 Å². The first-order chi connectivity index (χ1) is 9.20. The Morgan fingerprint density at radius 3 is 2.53 bits per heavy atom. The lowest BCUT2D eigenvalue weighted by Gasteiger charge is -2.17. The van der Waals surface area contributed by atoms with E-state index >= 15 is 0 Å². The largest absolute Gasteiger partial charge is 0.310 e. The smallest absolute Gasteiger partial charge is 0.0931 e. The molecule has 0 saturated carbocycles. The van der Waals surface area contributed by atoms with Gasteiger partial charge >= 0.3 is 0 Å². The van der Waals surface area contributed by atoms with E-state index < -0.39 is 0 Å². The first-order valence-electron chi connectivity index (χ1n) is 6.92. The number of hydrogen-bond acceptors (Lipinski definition) is 3. The molecule has 102 valence electrons. The van der Waals surface area contributed by atoms with Gasteiger partial charge in [-0.25, -0.2) is 4.98 Å². The van der Waals surface area contributed by atoms with Crippen molar-refractivity contribution in [2.24, 2.45) is 0 Å². The molecule has 0 aliphatic rings. The third kappa shape index (κ3) is 3.88. The molecule has 0 radical (unpaired) electrons. The molecule has 0 aliphatic carbocycles. The highest BCUT2D eigenvalue weighted by atomic mass is 32.1. The lowest BCUT2D eigenvalue weighted by atomic mass is 10.0. The number of aromatic nitrogens is 1. The topological polar surface area (TPSA) is 24.9 Å². The Morgan fingerprint density at radius 2 is 1.95 bits per heavy atom. The Bertz CT molecular complexity index is 485. The summed E-state index contributed by atoms with van der Waals surface area (Å²) in [5.74, 6) is 0. The van der Waals surface area contributed by atoms with E-state index in [4.69, 9.17) is 0 Å². The van der Waals surface area contributed by atoms with Gasteiger partial charge in [0.15, 0.2) is 0 Å². The van der Waals surface area contributed by atoms with Crippen LogP contribution in [0.1, 0.15) is 40.5 Å². The lowest BCUT2D eigenvalue weighted by molar-refractivity contribution is 0.515. The molecule has 1 heterocycles. The summed E-state index contributed by atoms with van der Waals surface area (Å²) >= 11 is 1.83. The van der Waals surface area contributed by atoms with Gasteiger partial charge in [0.1, 0.15) is 0 Å². The molecule has 0 amide bonds. The second-order valence-corrected chi connectivity index (χ2v) is 6.10. The number of nitrogens with zero attached hydrogens (tertiary/aromatic N) is 1. The number of hydrogen-bond donors (Lipinski definition) is 1. The number of nitrogens with one attached hydrogen (secondary N) is 1. The first kappa shape index (κ1) is 14.2. The molecule has 2 aromatic rings. The highest BCUT2D eigenvalue weighted by Gasteiger charge is 2.11. The Labute approximate surface area is 119 Å². The van der Waals surface area contributed by atoms with Gasteiger partial charge in [-0.15, -0.1) is 11.3 Å². The molecule has 1 unspecified atom stereocenters. The summed E-state index contributed by atoms with van der Waals surface area (Å²) in [5.41, 5.74) is 2.55. The fourth-order valence-corrected chi connectivity index (χ4v) is 3.18. The monoisotopic (exact) mass is 274 g/mol. The molecule has 1 atom stereocenters. The zero-order chi connectivity index (χ0) is 13.7. The zero-order valence-electron chi connectivity index (χ0n) is 11.9.